The molecular weight excluding hydrogens is 152 g/mol. The van der Waals surface area contributed by atoms with E-state index in [-0.39, 0.29) is 0 Å². The molecule has 0 unspecified atom stereocenters. The van der Waals surface area contributed by atoms with Gasteiger partial charge in [-0.05, 0) is 18.2 Å². The zero-order valence-corrected chi connectivity index (χ0v) is 6.53. The van der Waals surface area contributed by atoms with E-state index in [4.69, 9.17) is 9.68 Å². The Morgan fingerprint density at radius 3 is 3.08 bits per heavy atom. The topological polar surface area (TPSA) is 49.8 Å². The third-order valence-electron chi connectivity index (χ3n) is 1.62. The summed E-state index contributed by atoms with van der Waals surface area (Å²) < 4.78 is 5.25. The molecule has 0 bridgehead atoms. The molecule has 0 N–H and O–H groups in total. The second kappa shape index (κ2) is 2.35. The van der Waals surface area contributed by atoms with E-state index in [1.54, 1.807) is 25.1 Å². The number of fused-ring (bicyclic) bond motifs is 1. The molecule has 3 nitrogen and oxygen atoms in total. The van der Waals surface area contributed by atoms with E-state index >= 15 is 0 Å². The minimum atomic E-state index is 0.607. The van der Waals surface area contributed by atoms with E-state index in [1.807, 2.05) is 6.07 Å². The molecule has 3 heteroatoms. The van der Waals surface area contributed by atoms with Crippen LogP contribution in [0.25, 0.3) is 11.1 Å². The lowest BCUT2D eigenvalue weighted by Crippen LogP contribution is -1.73. The van der Waals surface area contributed by atoms with Crippen LogP contribution < -0.4 is 0 Å². The van der Waals surface area contributed by atoms with Crippen LogP contribution in [0.2, 0.25) is 0 Å². The van der Waals surface area contributed by atoms with Crippen LogP contribution in [-0.2, 0) is 0 Å². The molecule has 58 valence electrons. The Bertz CT molecular complexity index is 465. The highest BCUT2D eigenvalue weighted by molar-refractivity contribution is 5.74. The van der Waals surface area contributed by atoms with Crippen molar-refractivity contribution in [2.45, 2.75) is 6.92 Å². The number of oxazole rings is 1. The van der Waals surface area contributed by atoms with Crippen LogP contribution in [0.1, 0.15) is 11.5 Å². The maximum absolute atomic E-state index is 8.60. The first kappa shape index (κ1) is 6.86. The Balaban J connectivity index is 2.77. The van der Waals surface area contributed by atoms with Gasteiger partial charge < -0.3 is 4.42 Å². The van der Waals surface area contributed by atoms with Gasteiger partial charge in [0.2, 0.25) is 0 Å². The lowest BCUT2D eigenvalue weighted by atomic mass is 10.2. The van der Waals surface area contributed by atoms with Crippen molar-refractivity contribution in [1.82, 2.24) is 4.98 Å². The van der Waals surface area contributed by atoms with Crippen molar-refractivity contribution in [1.29, 1.82) is 5.26 Å². The third kappa shape index (κ3) is 0.940. The molecule has 0 saturated heterocycles. The molecule has 0 atom stereocenters. The zero-order valence-electron chi connectivity index (χ0n) is 6.53. The van der Waals surface area contributed by atoms with E-state index in [1.165, 1.54) is 0 Å². The van der Waals surface area contributed by atoms with Gasteiger partial charge in [-0.25, -0.2) is 4.98 Å². The SMILES string of the molecule is Cc1nc2cc(C#N)ccc2o1. The highest BCUT2D eigenvalue weighted by Crippen LogP contribution is 2.15. The summed E-state index contributed by atoms with van der Waals surface area (Å²) in [6.45, 7) is 1.78. The van der Waals surface area contributed by atoms with E-state index in [0.29, 0.717) is 11.5 Å². The number of aromatic nitrogens is 1. The van der Waals surface area contributed by atoms with Gasteiger partial charge in [-0.15, -0.1) is 0 Å². The number of nitrogens with zero attached hydrogens (tertiary/aromatic N) is 2. The maximum Gasteiger partial charge on any atom is 0.192 e. The molecular formula is C9H6N2O. The normalized spacial score (nSPS) is 10.0. The maximum atomic E-state index is 8.60. The van der Waals surface area contributed by atoms with Gasteiger partial charge in [0.15, 0.2) is 11.5 Å². The molecule has 12 heavy (non-hydrogen) atoms. The fourth-order valence-electron chi connectivity index (χ4n) is 1.11. The van der Waals surface area contributed by atoms with Crippen molar-refractivity contribution >= 4 is 11.1 Å². The van der Waals surface area contributed by atoms with E-state index in [2.05, 4.69) is 4.98 Å². The van der Waals surface area contributed by atoms with Crippen molar-refractivity contribution < 1.29 is 4.42 Å². The zero-order chi connectivity index (χ0) is 8.55. The van der Waals surface area contributed by atoms with Crippen molar-refractivity contribution in [3.05, 3.63) is 29.7 Å². The number of hydrogen-bond donors (Lipinski definition) is 0. The van der Waals surface area contributed by atoms with Crippen LogP contribution in [0.15, 0.2) is 22.6 Å². The molecule has 0 aliphatic heterocycles. The summed E-state index contributed by atoms with van der Waals surface area (Å²) in [5.41, 5.74) is 2.08. The molecule has 0 aliphatic rings. The van der Waals surface area contributed by atoms with Gasteiger partial charge in [-0.1, -0.05) is 0 Å². The van der Waals surface area contributed by atoms with Gasteiger partial charge in [0.25, 0.3) is 0 Å². The Hall–Kier alpha value is -1.82. The molecule has 1 heterocycles. The quantitative estimate of drug-likeness (QED) is 0.589. The highest BCUT2D eigenvalue weighted by Gasteiger charge is 2.01. The predicted octanol–water partition coefficient (Wildman–Crippen LogP) is 2.01. The van der Waals surface area contributed by atoms with E-state index < -0.39 is 0 Å². The Morgan fingerprint density at radius 2 is 2.33 bits per heavy atom. The summed E-state index contributed by atoms with van der Waals surface area (Å²) in [6, 6.07) is 7.23. The largest absolute Gasteiger partial charge is 0.441 e. The first-order chi connectivity index (χ1) is 5.79. The average molecular weight is 158 g/mol. The van der Waals surface area contributed by atoms with Crippen LogP contribution in [-0.4, -0.2) is 4.98 Å². The fraction of sp³-hybridized carbons (Fsp3) is 0.111. The van der Waals surface area contributed by atoms with Gasteiger partial charge in [0.1, 0.15) is 5.52 Å². The first-order valence-electron chi connectivity index (χ1n) is 3.57. The Morgan fingerprint density at radius 1 is 1.50 bits per heavy atom. The summed E-state index contributed by atoms with van der Waals surface area (Å²) in [5.74, 6) is 0.625. The molecule has 0 spiro atoms. The summed E-state index contributed by atoms with van der Waals surface area (Å²) in [4.78, 5) is 4.10. The summed E-state index contributed by atoms with van der Waals surface area (Å²) in [7, 11) is 0. The van der Waals surface area contributed by atoms with E-state index in [9.17, 15) is 0 Å². The molecule has 0 fully saturated rings. The van der Waals surface area contributed by atoms with Crippen molar-refractivity contribution in [3.63, 3.8) is 0 Å². The van der Waals surface area contributed by atoms with E-state index in [0.717, 1.165) is 11.1 Å². The van der Waals surface area contributed by atoms with Crippen LogP contribution in [0.5, 0.6) is 0 Å². The smallest absolute Gasteiger partial charge is 0.192 e. The first-order valence-corrected chi connectivity index (χ1v) is 3.57. The fourth-order valence-corrected chi connectivity index (χ4v) is 1.11. The van der Waals surface area contributed by atoms with Crippen molar-refractivity contribution in [2.75, 3.05) is 0 Å². The van der Waals surface area contributed by atoms with Crippen LogP contribution in [0.4, 0.5) is 0 Å². The summed E-state index contributed by atoms with van der Waals surface area (Å²) in [5, 5.41) is 8.60. The summed E-state index contributed by atoms with van der Waals surface area (Å²) in [6.07, 6.45) is 0. The number of nitriles is 1. The minimum absolute atomic E-state index is 0.607. The molecule has 1 aromatic heterocycles. The summed E-state index contributed by atoms with van der Waals surface area (Å²) >= 11 is 0. The van der Waals surface area contributed by atoms with Gasteiger partial charge in [0.05, 0.1) is 11.6 Å². The number of hydrogen-bond acceptors (Lipinski definition) is 3. The molecule has 0 amide bonds. The Kier molecular flexibility index (Phi) is 1.34. The van der Waals surface area contributed by atoms with Crippen LogP contribution in [0, 0.1) is 18.3 Å². The lowest BCUT2D eigenvalue weighted by Gasteiger charge is -1.85. The monoisotopic (exact) mass is 158 g/mol. The molecule has 1 aromatic carbocycles. The molecule has 0 saturated carbocycles. The van der Waals surface area contributed by atoms with Crippen LogP contribution >= 0.6 is 0 Å². The number of rotatable bonds is 0. The molecule has 0 aliphatic carbocycles. The predicted molar refractivity (Wildman–Crippen MR) is 43.5 cm³/mol. The van der Waals surface area contributed by atoms with Gasteiger partial charge in [-0.3, -0.25) is 0 Å². The van der Waals surface area contributed by atoms with Gasteiger partial charge in [-0.2, -0.15) is 5.26 Å². The average Bonchev–Trinajstić information content (AvgIpc) is 2.43. The Labute approximate surface area is 69.2 Å². The minimum Gasteiger partial charge on any atom is -0.441 e. The van der Waals surface area contributed by atoms with Crippen molar-refractivity contribution in [2.24, 2.45) is 0 Å². The number of aryl methyl sites for hydroxylation is 1. The lowest BCUT2D eigenvalue weighted by molar-refractivity contribution is 0.561. The molecule has 0 radical (unpaired) electrons. The highest BCUT2D eigenvalue weighted by atomic mass is 16.3. The second-order valence-corrected chi connectivity index (χ2v) is 2.53. The number of benzene rings is 1. The second-order valence-electron chi connectivity index (χ2n) is 2.53. The van der Waals surface area contributed by atoms with Crippen LogP contribution in [0.3, 0.4) is 0 Å². The van der Waals surface area contributed by atoms with Gasteiger partial charge >= 0.3 is 0 Å². The standard InChI is InChI=1S/C9H6N2O/c1-6-11-8-4-7(5-10)2-3-9(8)12-6/h2-4H,1H3. The van der Waals surface area contributed by atoms with Gasteiger partial charge in [0, 0.05) is 6.92 Å². The molecule has 2 rings (SSSR count). The third-order valence-corrected chi connectivity index (χ3v) is 1.62. The molecule has 2 aromatic rings. The van der Waals surface area contributed by atoms with Crippen molar-refractivity contribution in [3.8, 4) is 6.07 Å².